The van der Waals surface area contributed by atoms with Crippen molar-refractivity contribution in [3.05, 3.63) is 65.2 Å². The van der Waals surface area contributed by atoms with Crippen LogP contribution in [0.5, 0.6) is 0 Å². The lowest BCUT2D eigenvalue weighted by atomic mass is 10.1. The number of halogens is 2. The van der Waals surface area contributed by atoms with Crippen molar-refractivity contribution in [3.8, 4) is 0 Å². The number of carbonyl (C=O) groups is 1. The van der Waals surface area contributed by atoms with Crippen LogP contribution in [0.4, 0.5) is 19.3 Å². The fraction of sp³-hybridized carbons (Fsp3) is 0.381. The second kappa shape index (κ2) is 9.12. The van der Waals surface area contributed by atoms with Crippen molar-refractivity contribution in [2.24, 2.45) is 0 Å². The number of nitrogens with zero attached hydrogens (tertiary/aromatic N) is 1. The lowest BCUT2D eigenvalue weighted by Crippen LogP contribution is -2.44. The molecule has 1 heterocycles. The molecule has 0 aromatic heterocycles. The molecule has 2 unspecified atom stereocenters. The van der Waals surface area contributed by atoms with Crippen LogP contribution in [0.2, 0.25) is 0 Å². The maximum atomic E-state index is 13.6. The molecule has 5 nitrogen and oxygen atoms in total. The van der Waals surface area contributed by atoms with E-state index in [9.17, 15) is 13.6 Å². The third-order valence-electron chi connectivity index (χ3n) is 4.58. The molecule has 2 amide bonds. The molecule has 1 aliphatic rings. The highest BCUT2D eigenvalue weighted by Crippen LogP contribution is 2.17. The van der Waals surface area contributed by atoms with Crippen molar-refractivity contribution >= 4 is 11.7 Å². The van der Waals surface area contributed by atoms with Gasteiger partial charge in [-0.25, -0.2) is 13.6 Å². The van der Waals surface area contributed by atoms with E-state index in [0.717, 1.165) is 31.3 Å². The van der Waals surface area contributed by atoms with Gasteiger partial charge in [-0.05, 0) is 37.1 Å². The molecular formula is C21H25F2N3O2. The van der Waals surface area contributed by atoms with Gasteiger partial charge in [0.05, 0.1) is 17.9 Å². The fourth-order valence-corrected chi connectivity index (χ4v) is 3.38. The van der Waals surface area contributed by atoms with Crippen LogP contribution in [0.15, 0.2) is 42.5 Å². The Labute approximate surface area is 163 Å². The maximum Gasteiger partial charge on any atom is 0.319 e. The Balaban J connectivity index is 1.49. The summed E-state index contributed by atoms with van der Waals surface area (Å²) in [7, 11) is 0. The predicted octanol–water partition coefficient (Wildman–Crippen LogP) is 3.90. The zero-order valence-electron chi connectivity index (χ0n) is 16.0. The van der Waals surface area contributed by atoms with E-state index in [2.05, 4.69) is 29.4 Å². The average molecular weight is 389 g/mol. The highest BCUT2D eigenvalue weighted by molar-refractivity contribution is 5.89. The summed E-state index contributed by atoms with van der Waals surface area (Å²) in [5, 5.41) is 4.95. The van der Waals surface area contributed by atoms with E-state index in [1.807, 2.05) is 24.3 Å². The van der Waals surface area contributed by atoms with Crippen molar-refractivity contribution in [2.75, 3.05) is 18.4 Å². The predicted molar refractivity (Wildman–Crippen MR) is 104 cm³/mol. The Bertz CT molecular complexity index is 804. The van der Waals surface area contributed by atoms with Gasteiger partial charge in [0, 0.05) is 26.2 Å². The normalized spacial score (nSPS) is 20.0. The second-order valence-electron chi connectivity index (χ2n) is 7.18. The van der Waals surface area contributed by atoms with Crippen molar-refractivity contribution in [1.29, 1.82) is 0 Å². The Kier molecular flexibility index (Phi) is 6.59. The summed E-state index contributed by atoms with van der Waals surface area (Å²) in [6, 6.07) is 11.0. The topological polar surface area (TPSA) is 53.6 Å². The van der Waals surface area contributed by atoms with Gasteiger partial charge in [-0.3, -0.25) is 4.90 Å². The lowest BCUT2D eigenvalue weighted by molar-refractivity contribution is -0.0704. The zero-order chi connectivity index (χ0) is 20.1. The van der Waals surface area contributed by atoms with Gasteiger partial charge in [0.25, 0.3) is 0 Å². The number of nitrogens with one attached hydrogen (secondary N) is 2. The van der Waals surface area contributed by atoms with Crippen LogP contribution in [0.1, 0.15) is 25.0 Å². The first-order valence-electron chi connectivity index (χ1n) is 9.35. The van der Waals surface area contributed by atoms with Crippen LogP contribution in [0.25, 0.3) is 0 Å². The minimum Gasteiger partial charge on any atom is -0.373 e. The van der Waals surface area contributed by atoms with Gasteiger partial charge in [0.15, 0.2) is 11.6 Å². The summed E-state index contributed by atoms with van der Waals surface area (Å²) in [5.74, 6) is -2.08. The molecule has 0 aliphatic carbocycles. The van der Waals surface area contributed by atoms with Crippen molar-refractivity contribution in [3.63, 3.8) is 0 Å². The number of hydrogen-bond acceptors (Lipinski definition) is 3. The summed E-state index contributed by atoms with van der Waals surface area (Å²) < 4.78 is 32.5. The van der Waals surface area contributed by atoms with E-state index in [-0.39, 0.29) is 24.4 Å². The molecular weight excluding hydrogens is 364 g/mol. The summed E-state index contributed by atoms with van der Waals surface area (Å²) in [6.45, 7) is 7.12. The summed E-state index contributed by atoms with van der Waals surface area (Å²) in [6.07, 6.45) is 0.460. The van der Waals surface area contributed by atoms with E-state index >= 15 is 0 Å². The molecule has 1 aliphatic heterocycles. The van der Waals surface area contributed by atoms with Crippen molar-refractivity contribution in [1.82, 2.24) is 10.2 Å². The van der Waals surface area contributed by atoms with Crippen LogP contribution < -0.4 is 10.6 Å². The summed E-state index contributed by atoms with van der Waals surface area (Å²) in [5.41, 5.74) is 1.92. The first kappa shape index (κ1) is 20.2. The smallest absolute Gasteiger partial charge is 0.319 e. The van der Waals surface area contributed by atoms with Gasteiger partial charge in [-0.15, -0.1) is 0 Å². The van der Waals surface area contributed by atoms with Crippen LogP contribution in [-0.2, 0) is 17.8 Å². The molecule has 150 valence electrons. The number of hydrogen-bond donors (Lipinski definition) is 2. The minimum atomic E-state index is -1.08. The van der Waals surface area contributed by atoms with E-state index in [4.69, 9.17) is 4.74 Å². The molecule has 0 saturated carbocycles. The summed E-state index contributed by atoms with van der Waals surface area (Å²) in [4.78, 5) is 14.3. The number of amides is 2. The zero-order valence-corrected chi connectivity index (χ0v) is 16.0. The molecule has 2 aromatic carbocycles. The molecule has 0 radical (unpaired) electrons. The molecule has 0 spiro atoms. The Morgan fingerprint density at radius 1 is 1.07 bits per heavy atom. The number of urea groups is 1. The molecule has 0 bridgehead atoms. The monoisotopic (exact) mass is 389 g/mol. The molecule has 7 heteroatoms. The summed E-state index contributed by atoms with van der Waals surface area (Å²) >= 11 is 0. The molecule has 1 saturated heterocycles. The number of anilines is 1. The lowest BCUT2D eigenvalue weighted by Gasteiger charge is -2.35. The quantitative estimate of drug-likeness (QED) is 0.816. The first-order chi connectivity index (χ1) is 13.4. The third-order valence-corrected chi connectivity index (χ3v) is 4.58. The molecule has 2 atom stereocenters. The van der Waals surface area contributed by atoms with Crippen LogP contribution in [0.3, 0.4) is 0 Å². The molecule has 3 rings (SSSR count). The largest absolute Gasteiger partial charge is 0.373 e. The minimum absolute atomic E-state index is 0.193. The number of morpholine rings is 1. The van der Waals surface area contributed by atoms with Crippen LogP contribution in [-0.4, -0.2) is 36.2 Å². The van der Waals surface area contributed by atoms with Gasteiger partial charge in [-0.1, -0.05) is 30.3 Å². The van der Waals surface area contributed by atoms with Gasteiger partial charge in [0.2, 0.25) is 0 Å². The molecule has 2 aromatic rings. The van der Waals surface area contributed by atoms with Crippen molar-refractivity contribution in [2.45, 2.75) is 39.1 Å². The standard InChI is InChI=1S/C21H25F2N3O2/c1-14-11-26(12-15(2)28-14)13-17-8-6-16(7-9-17)10-24-21(27)25-19-5-3-4-18(22)20(19)23/h3-9,14-15H,10-13H2,1-2H3,(H2,24,25,27). The number of rotatable bonds is 5. The van der Waals surface area contributed by atoms with E-state index in [1.165, 1.54) is 17.7 Å². The average Bonchev–Trinajstić information content (AvgIpc) is 2.64. The maximum absolute atomic E-state index is 13.6. The van der Waals surface area contributed by atoms with Gasteiger partial charge in [-0.2, -0.15) is 0 Å². The van der Waals surface area contributed by atoms with Gasteiger partial charge >= 0.3 is 6.03 Å². The molecule has 28 heavy (non-hydrogen) atoms. The first-order valence-corrected chi connectivity index (χ1v) is 9.35. The molecule has 2 N–H and O–H groups in total. The highest BCUT2D eigenvalue weighted by atomic mass is 19.2. The SMILES string of the molecule is CC1CN(Cc2ccc(CNC(=O)Nc3cccc(F)c3F)cc2)CC(C)O1. The van der Waals surface area contributed by atoms with Crippen LogP contribution >= 0.6 is 0 Å². The Morgan fingerprint density at radius 3 is 2.39 bits per heavy atom. The van der Waals surface area contributed by atoms with Crippen molar-refractivity contribution < 1.29 is 18.3 Å². The van der Waals surface area contributed by atoms with Gasteiger partial charge in [0.1, 0.15) is 0 Å². The molecule has 1 fully saturated rings. The van der Waals surface area contributed by atoms with E-state index in [1.54, 1.807) is 0 Å². The number of benzene rings is 2. The Hall–Kier alpha value is -2.51. The number of carbonyl (C=O) groups excluding carboxylic acids is 1. The fourth-order valence-electron chi connectivity index (χ4n) is 3.38. The number of ether oxygens (including phenoxy) is 1. The second-order valence-corrected chi connectivity index (χ2v) is 7.18. The highest BCUT2D eigenvalue weighted by Gasteiger charge is 2.21. The van der Waals surface area contributed by atoms with E-state index in [0.29, 0.717) is 0 Å². The van der Waals surface area contributed by atoms with Gasteiger partial charge < -0.3 is 15.4 Å². The van der Waals surface area contributed by atoms with E-state index < -0.39 is 17.7 Å². The third kappa shape index (κ3) is 5.50. The van der Waals surface area contributed by atoms with Crippen LogP contribution in [0, 0.1) is 11.6 Å². The Morgan fingerprint density at radius 2 is 1.71 bits per heavy atom.